The molecule has 0 aliphatic carbocycles. The summed E-state index contributed by atoms with van der Waals surface area (Å²) in [5.74, 6) is 2.18. The maximum atomic E-state index is 5.23. The first-order valence-electron chi connectivity index (χ1n) is 7.06. The van der Waals surface area contributed by atoms with Gasteiger partial charge in [-0.3, -0.25) is 0 Å². The maximum Gasteiger partial charge on any atom is 0.266 e. The molecule has 0 amide bonds. The monoisotopic (exact) mass is 265 g/mol. The Kier molecular flexibility index (Phi) is 3.22. The van der Waals surface area contributed by atoms with Gasteiger partial charge in [-0.15, -0.1) is 0 Å². The number of fused-ring (bicyclic) bond motifs is 1. The second-order valence-electron chi connectivity index (χ2n) is 6.15. The van der Waals surface area contributed by atoms with Crippen LogP contribution < -0.4 is 10.2 Å². The van der Waals surface area contributed by atoms with Crippen LogP contribution in [-0.2, 0) is 6.42 Å². The molecule has 3 rings (SSSR count). The Bertz CT molecular complexity index is 446. The number of rotatable bonds is 4. The van der Waals surface area contributed by atoms with Gasteiger partial charge in [0.2, 0.25) is 5.89 Å². The molecule has 106 valence electrons. The standard InChI is InChI=1S/C13H23N5O/c1-4-11-15-12(16-19-11)18-6-10-5-14-7-13(10,9-18)8-17(2)3/h10,14H,4-9H2,1-3H3. The van der Waals surface area contributed by atoms with E-state index in [-0.39, 0.29) is 0 Å². The molecule has 0 spiro atoms. The van der Waals surface area contributed by atoms with E-state index in [1.165, 1.54) is 0 Å². The highest BCUT2D eigenvalue weighted by molar-refractivity contribution is 5.33. The first kappa shape index (κ1) is 12.9. The third-order valence-corrected chi connectivity index (χ3v) is 4.35. The molecular weight excluding hydrogens is 242 g/mol. The van der Waals surface area contributed by atoms with Gasteiger partial charge in [0, 0.05) is 44.6 Å². The van der Waals surface area contributed by atoms with Gasteiger partial charge in [0.25, 0.3) is 5.95 Å². The van der Waals surface area contributed by atoms with E-state index in [0.717, 1.165) is 51.0 Å². The van der Waals surface area contributed by atoms with Crippen LogP contribution in [0.25, 0.3) is 0 Å². The Hall–Kier alpha value is -1.14. The average Bonchev–Trinajstić information content (AvgIpc) is 2.99. The molecule has 2 unspecified atom stereocenters. The summed E-state index contributed by atoms with van der Waals surface area (Å²) < 4.78 is 5.23. The summed E-state index contributed by atoms with van der Waals surface area (Å²) in [6.07, 6.45) is 0.800. The van der Waals surface area contributed by atoms with E-state index < -0.39 is 0 Å². The van der Waals surface area contributed by atoms with Gasteiger partial charge in [0.15, 0.2) is 0 Å². The van der Waals surface area contributed by atoms with Gasteiger partial charge in [-0.25, -0.2) is 0 Å². The van der Waals surface area contributed by atoms with Crippen LogP contribution in [0.5, 0.6) is 0 Å². The lowest BCUT2D eigenvalue weighted by Crippen LogP contribution is -2.41. The fraction of sp³-hybridized carbons (Fsp3) is 0.846. The van der Waals surface area contributed by atoms with Crippen molar-refractivity contribution in [1.82, 2.24) is 20.4 Å². The van der Waals surface area contributed by atoms with Crippen LogP contribution in [0.4, 0.5) is 5.95 Å². The smallest absolute Gasteiger partial charge is 0.266 e. The number of hydrogen-bond donors (Lipinski definition) is 1. The largest absolute Gasteiger partial charge is 0.337 e. The third kappa shape index (κ3) is 2.23. The lowest BCUT2D eigenvalue weighted by molar-refractivity contribution is 0.205. The van der Waals surface area contributed by atoms with Crippen molar-refractivity contribution in [3.63, 3.8) is 0 Å². The molecule has 2 aliphatic rings. The molecule has 0 saturated carbocycles. The first-order chi connectivity index (χ1) is 9.13. The highest BCUT2D eigenvalue weighted by Crippen LogP contribution is 2.40. The zero-order valence-electron chi connectivity index (χ0n) is 12.0. The van der Waals surface area contributed by atoms with Gasteiger partial charge >= 0.3 is 0 Å². The number of nitrogens with zero attached hydrogens (tertiary/aromatic N) is 4. The van der Waals surface area contributed by atoms with Crippen molar-refractivity contribution >= 4 is 5.95 Å². The molecule has 1 aromatic rings. The second-order valence-corrected chi connectivity index (χ2v) is 6.15. The molecule has 0 radical (unpaired) electrons. The minimum absolute atomic E-state index is 0.330. The summed E-state index contributed by atoms with van der Waals surface area (Å²) in [7, 11) is 4.30. The Morgan fingerprint density at radius 1 is 1.53 bits per heavy atom. The topological polar surface area (TPSA) is 57.4 Å². The molecule has 19 heavy (non-hydrogen) atoms. The molecule has 1 N–H and O–H groups in total. The van der Waals surface area contributed by atoms with E-state index in [1.807, 2.05) is 6.92 Å². The lowest BCUT2D eigenvalue weighted by atomic mass is 9.80. The van der Waals surface area contributed by atoms with Crippen molar-refractivity contribution in [3.8, 4) is 0 Å². The molecule has 3 heterocycles. The Morgan fingerprint density at radius 2 is 2.37 bits per heavy atom. The zero-order chi connectivity index (χ0) is 13.5. The summed E-state index contributed by atoms with van der Waals surface area (Å²) in [4.78, 5) is 9.04. The second kappa shape index (κ2) is 4.76. The molecule has 0 bridgehead atoms. The minimum atomic E-state index is 0.330. The first-order valence-corrected chi connectivity index (χ1v) is 7.06. The van der Waals surface area contributed by atoms with Gasteiger partial charge in [-0.05, 0) is 25.2 Å². The summed E-state index contributed by atoms with van der Waals surface area (Å²) in [6.45, 7) is 7.38. The van der Waals surface area contributed by atoms with Crippen LogP contribution in [0.2, 0.25) is 0 Å². The van der Waals surface area contributed by atoms with Crippen molar-refractivity contribution in [3.05, 3.63) is 5.89 Å². The van der Waals surface area contributed by atoms with Crippen molar-refractivity contribution in [2.75, 3.05) is 51.7 Å². The predicted octanol–water partition coefficient (Wildman–Crippen LogP) is 0.219. The number of hydrogen-bond acceptors (Lipinski definition) is 6. The molecule has 0 aromatic carbocycles. The lowest BCUT2D eigenvalue weighted by Gasteiger charge is -2.30. The summed E-state index contributed by atoms with van der Waals surface area (Å²) in [6, 6.07) is 0. The molecule has 2 fully saturated rings. The van der Waals surface area contributed by atoms with Crippen LogP contribution >= 0.6 is 0 Å². The maximum absolute atomic E-state index is 5.23. The minimum Gasteiger partial charge on any atom is -0.337 e. The molecule has 2 aliphatic heterocycles. The Morgan fingerprint density at radius 3 is 3.05 bits per heavy atom. The molecule has 6 heteroatoms. The Labute approximate surface area is 114 Å². The van der Waals surface area contributed by atoms with Crippen molar-refractivity contribution < 1.29 is 4.52 Å². The normalized spacial score (nSPS) is 30.3. The molecular formula is C13H23N5O. The SMILES string of the molecule is CCc1nc(N2CC3CNCC3(CN(C)C)C2)no1. The highest BCUT2D eigenvalue weighted by atomic mass is 16.5. The van der Waals surface area contributed by atoms with E-state index in [9.17, 15) is 0 Å². The van der Waals surface area contributed by atoms with Gasteiger partial charge in [-0.1, -0.05) is 6.92 Å². The van der Waals surface area contributed by atoms with Gasteiger partial charge in [0.1, 0.15) is 0 Å². The van der Waals surface area contributed by atoms with Crippen LogP contribution in [0.3, 0.4) is 0 Å². The van der Waals surface area contributed by atoms with Crippen LogP contribution in [0, 0.1) is 11.3 Å². The number of aromatic nitrogens is 2. The van der Waals surface area contributed by atoms with E-state index in [2.05, 4.69) is 39.4 Å². The number of nitrogens with one attached hydrogen (secondary N) is 1. The molecule has 2 saturated heterocycles. The average molecular weight is 265 g/mol. The van der Waals surface area contributed by atoms with Crippen LogP contribution in [-0.4, -0.2) is 61.9 Å². The summed E-state index contributed by atoms with van der Waals surface area (Å²) >= 11 is 0. The quantitative estimate of drug-likeness (QED) is 0.840. The third-order valence-electron chi connectivity index (χ3n) is 4.35. The molecule has 6 nitrogen and oxygen atoms in total. The van der Waals surface area contributed by atoms with Crippen LogP contribution in [0.1, 0.15) is 12.8 Å². The van der Waals surface area contributed by atoms with Gasteiger partial charge in [0.05, 0.1) is 0 Å². The fourth-order valence-electron chi connectivity index (χ4n) is 3.55. The van der Waals surface area contributed by atoms with E-state index in [1.54, 1.807) is 0 Å². The van der Waals surface area contributed by atoms with Crippen molar-refractivity contribution in [2.45, 2.75) is 13.3 Å². The predicted molar refractivity (Wildman–Crippen MR) is 73.2 cm³/mol. The van der Waals surface area contributed by atoms with E-state index >= 15 is 0 Å². The fourth-order valence-corrected chi connectivity index (χ4v) is 3.55. The van der Waals surface area contributed by atoms with Crippen molar-refractivity contribution in [1.29, 1.82) is 0 Å². The number of anilines is 1. The molecule has 2 atom stereocenters. The van der Waals surface area contributed by atoms with Crippen molar-refractivity contribution in [2.24, 2.45) is 11.3 Å². The van der Waals surface area contributed by atoms with Gasteiger partial charge < -0.3 is 19.6 Å². The van der Waals surface area contributed by atoms with Gasteiger partial charge in [-0.2, -0.15) is 4.98 Å². The van der Waals surface area contributed by atoms with E-state index in [4.69, 9.17) is 4.52 Å². The summed E-state index contributed by atoms with van der Waals surface area (Å²) in [5, 5.41) is 7.65. The zero-order valence-corrected chi connectivity index (χ0v) is 12.0. The molecule has 1 aromatic heterocycles. The van der Waals surface area contributed by atoms with Crippen LogP contribution in [0.15, 0.2) is 4.52 Å². The highest BCUT2D eigenvalue weighted by Gasteiger charge is 2.50. The summed E-state index contributed by atoms with van der Waals surface area (Å²) in [5.41, 5.74) is 0.330. The Balaban J connectivity index is 1.77. The number of aryl methyl sites for hydroxylation is 1. The van der Waals surface area contributed by atoms with E-state index in [0.29, 0.717) is 11.3 Å².